The van der Waals surface area contributed by atoms with Crippen LogP contribution in [0.4, 0.5) is 4.39 Å². The molecule has 0 saturated carbocycles. The molecule has 0 amide bonds. The number of nitrogens with two attached hydrogens (primary N) is 1. The number of hydrogen-bond donors (Lipinski definition) is 1. The van der Waals surface area contributed by atoms with E-state index in [1.807, 2.05) is 0 Å². The third kappa shape index (κ3) is 2.65. The van der Waals surface area contributed by atoms with Crippen molar-refractivity contribution in [2.24, 2.45) is 5.73 Å². The smallest absolute Gasteiger partial charge is 0.193 e. The summed E-state index contributed by atoms with van der Waals surface area (Å²) in [6, 6.07) is 3.74. The molecule has 1 aliphatic heterocycles. The Morgan fingerprint density at radius 3 is 2.94 bits per heavy atom. The molecule has 17 heavy (non-hydrogen) atoms. The molecule has 2 atom stereocenters. The number of Topliss-reactive ketones (excluding diaryl/α,β-unsaturated/α-hetero) is 1. The molecule has 1 aromatic rings. The minimum absolute atomic E-state index is 0.0868. The standard InChI is InChI=1S/C12H13ClFNO2/c13-10-3-1-7(14)5-9(10)12(16)11-4-2-8(6-15)17-11/h1,3,5,8,11H,2,4,6,15H2. The van der Waals surface area contributed by atoms with E-state index in [0.717, 1.165) is 12.5 Å². The fourth-order valence-corrected chi connectivity index (χ4v) is 2.14. The Kier molecular flexibility index (Phi) is 3.76. The Bertz CT molecular complexity index is 439. The van der Waals surface area contributed by atoms with Crippen molar-refractivity contribution < 1.29 is 13.9 Å². The maximum absolute atomic E-state index is 13.1. The molecule has 1 aromatic carbocycles. The molecule has 0 aromatic heterocycles. The SMILES string of the molecule is NCC1CCC(C(=O)c2cc(F)ccc2Cl)O1. The highest BCUT2D eigenvalue weighted by Crippen LogP contribution is 2.26. The molecule has 0 spiro atoms. The zero-order valence-electron chi connectivity index (χ0n) is 9.16. The fourth-order valence-electron chi connectivity index (χ4n) is 1.93. The first kappa shape index (κ1) is 12.5. The minimum atomic E-state index is -0.553. The van der Waals surface area contributed by atoms with Crippen LogP contribution in [0.3, 0.4) is 0 Å². The molecule has 3 nitrogen and oxygen atoms in total. The second-order valence-electron chi connectivity index (χ2n) is 4.05. The van der Waals surface area contributed by atoms with Crippen LogP contribution in [0, 0.1) is 5.82 Å². The predicted molar refractivity (Wildman–Crippen MR) is 62.7 cm³/mol. The number of carbonyl (C=O) groups excluding carboxylic acids is 1. The van der Waals surface area contributed by atoms with E-state index in [9.17, 15) is 9.18 Å². The summed E-state index contributed by atoms with van der Waals surface area (Å²) in [4.78, 5) is 12.1. The highest BCUT2D eigenvalue weighted by atomic mass is 35.5. The van der Waals surface area contributed by atoms with E-state index < -0.39 is 11.9 Å². The van der Waals surface area contributed by atoms with E-state index in [1.165, 1.54) is 12.1 Å². The van der Waals surface area contributed by atoms with Gasteiger partial charge < -0.3 is 10.5 Å². The van der Waals surface area contributed by atoms with Crippen LogP contribution >= 0.6 is 11.6 Å². The van der Waals surface area contributed by atoms with E-state index in [4.69, 9.17) is 22.1 Å². The third-order valence-electron chi connectivity index (χ3n) is 2.86. The van der Waals surface area contributed by atoms with Gasteiger partial charge in [0, 0.05) is 12.1 Å². The average Bonchev–Trinajstić information content (AvgIpc) is 2.80. The lowest BCUT2D eigenvalue weighted by atomic mass is 10.0. The second kappa shape index (κ2) is 5.12. The highest BCUT2D eigenvalue weighted by molar-refractivity contribution is 6.34. The van der Waals surface area contributed by atoms with Crippen LogP contribution in [-0.2, 0) is 4.74 Å². The largest absolute Gasteiger partial charge is 0.366 e. The molecule has 1 fully saturated rings. The Hall–Kier alpha value is -0.970. The first-order valence-electron chi connectivity index (χ1n) is 5.46. The fraction of sp³-hybridized carbons (Fsp3) is 0.417. The van der Waals surface area contributed by atoms with E-state index in [2.05, 4.69) is 0 Å². The van der Waals surface area contributed by atoms with Gasteiger partial charge in [0.15, 0.2) is 5.78 Å². The van der Waals surface area contributed by atoms with Gasteiger partial charge in [0.2, 0.25) is 0 Å². The number of carbonyl (C=O) groups is 1. The van der Waals surface area contributed by atoms with Gasteiger partial charge in [0.05, 0.1) is 11.1 Å². The van der Waals surface area contributed by atoms with Crippen molar-refractivity contribution in [3.8, 4) is 0 Å². The van der Waals surface area contributed by atoms with Crippen molar-refractivity contribution in [3.63, 3.8) is 0 Å². The Morgan fingerprint density at radius 1 is 1.53 bits per heavy atom. The Balaban J connectivity index is 2.17. The van der Waals surface area contributed by atoms with Crippen molar-refractivity contribution in [3.05, 3.63) is 34.6 Å². The summed E-state index contributed by atoms with van der Waals surface area (Å²) >= 11 is 5.87. The molecular weight excluding hydrogens is 245 g/mol. The lowest BCUT2D eigenvalue weighted by Gasteiger charge is -2.12. The van der Waals surface area contributed by atoms with Crippen LogP contribution in [0.15, 0.2) is 18.2 Å². The first-order chi connectivity index (χ1) is 8.11. The average molecular weight is 258 g/mol. The molecule has 1 aliphatic rings. The molecule has 0 aliphatic carbocycles. The van der Waals surface area contributed by atoms with Crippen LogP contribution in [-0.4, -0.2) is 24.5 Å². The Morgan fingerprint density at radius 2 is 2.29 bits per heavy atom. The maximum atomic E-state index is 13.1. The Labute approximate surface area is 104 Å². The van der Waals surface area contributed by atoms with Crippen LogP contribution in [0.2, 0.25) is 5.02 Å². The minimum Gasteiger partial charge on any atom is -0.366 e. The number of ketones is 1. The highest BCUT2D eigenvalue weighted by Gasteiger charge is 2.31. The van der Waals surface area contributed by atoms with E-state index in [-0.39, 0.29) is 22.5 Å². The van der Waals surface area contributed by atoms with E-state index in [1.54, 1.807) is 0 Å². The van der Waals surface area contributed by atoms with Gasteiger partial charge in [-0.05, 0) is 31.0 Å². The number of halogens is 2. The summed E-state index contributed by atoms with van der Waals surface area (Å²) in [6.45, 7) is 0.390. The summed E-state index contributed by atoms with van der Waals surface area (Å²) in [7, 11) is 0. The van der Waals surface area contributed by atoms with Gasteiger partial charge in [-0.25, -0.2) is 4.39 Å². The lowest BCUT2D eigenvalue weighted by molar-refractivity contribution is 0.0404. The van der Waals surface area contributed by atoms with Gasteiger partial charge in [0.1, 0.15) is 11.9 Å². The topological polar surface area (TPSA) is 52.3 Å². The molecule has 2 N–H and O–H groups in total. The molecule has 92 valence electrons. The molecular formula is C12H13ClFNO2. The van der Waals surface area contributed by atoms with Gasteiger partial charge in [0.25, 0.3) is 0 Å². The van der Waals surface area contributed by atoms with Crippen molar-refractivity contribution in [1.29, 1.82) is 0 Å². The molecule has 2 unspecified atom stereocenters. The van der Waals surface area contributed by atoms with Crippen molar-refractivity contribution in [1.82, 2.24) is 0 Å². The van der Waals surface area contributed by atoms with Crippen LogP contribution in [0.1, 0.15) is 23.2 Å². The summed E-state index contributed by atoms with van der Waals surface area (Å²) < 4.78 is 18.5. The normalized spacial score (nSPS) is 23.9. The molecule has 2 rings (SSSR count). The summed E-state index contributed by atoms with van der Waals surface area (Å²) in [5.74, 6) is -0.753. The van der Waals surface area contributed by atoms with Crippen molar-refractivity contribution in [2.75, 3.05) is 6.54 Å². The number of rotatable bonds is 3. The number of benzene rings is 1. The lowest BCUT2D eigenvalue weighted by Crippen LogP contribution is -2.25. The predicted octanol–water partition coefficient (Wildman–Crippen LogP) is 2.17. The summed E-state index contributed by atoms with van der Waals surface area (Å²) in [6.07, 6.45) is 0.715. The molecule has 0 bridgehead atoms. The third-order valence-corrected chi connectivity index (χ3v) is 3.19. The molecule has 0 radical (unpaired) electrons. The maximum Gasteiger partial charge on any atom is 0.193 e. The zero-order valence-corrected chi connectivity index (χ0v) is 9.91. The van der Waals surface area contributed by atoms with Gasteiger partial charge >= 0.3 is 0 Å². The molecule has 5 heteroatoms. The van der Waals surface area contributed by atoms with Crippen LogP contribution in [0.5, 0.6) is 0 Å². The first-order valence-corrected chi connectivity index (χ1v) is 5.84. The monoisotopic (exact) mass is 257 g/mol. The van der Waals surface area contributed by atoms with Gasteiger partial charge in [-0.2, -0.15) is 0 Å². The second-order valence-corrected chi connectivity index (χ2v) is 4.46. The van der Waals surface area contributed by atoms with Crippen molar-refractivity contribution >= 4 is 17.4 Å². The van der Waals surface area contributed by atoms with E-state index in [0.29, 0.717) is 13.0 Å². The van der Waals surface area contributed by atoms with Gasteiger partial charge in [-0.1, -0.05) is 11.6 Å². The zero-order chi connectivity index (χ0) is 12.4. The van der Waals surface area contributed by atoms with E-state index >= 15 is 0 Å². The van der Waals surface area contributed by atoms with Gasteiger partial charge in [-0.3, -0.25) is 4.79 Å². The summed E-state index contributed by atoms with van der Waals surface area (Å²) in [5.41, 5.74) is 5.64. The summed E-state index contributed by atoms with van der Waals surface area (Å²) in [5, 5.41) is 0.246. The quantitative estimate of drug-likeness (QED) is 0.845. The van der Waals surface area contributed by atoms with Crippen molar-refractivity contribution in [2.45, 2.75) is 25.0 Å². The molecule has 1 heterocycles. The number of hydrogen-bond acceptors (Lipinski definition) is 3. The van der Waals surface area contributed by atoms with Crippen LogP contribution < -0.4 is 5.73 Å². The van der Waals surface area contributed by atoms with Gasteiger partial charge in [-0.15, -0.1) is 0 Å². The van der Waals surface area contributed by atoms with Crippen LogP contribution in [0.25, 0.3) is 0 Å². The molecule has 1 saturated heterocycles. The number of ether oxygens (including phenoxy) is 1.